The zero-order valence-corrected chi connectivity index (χ0v) is 15.5. The molecule has 4 rings (SSSR count). The number of aromatic nitrogens is 1. The topological polar surface area (TPSA) is 70.6 Å². The molecule has 0 saturated carbocycles. The Morgan fingerprint density at radius 1 is 1.04 bits per heavy atom. The van der Waals surface area contributed by atoms with E-state index in [4.69, 9.17) is 0 Å². The Balaban J connectivity index is 1.48. The number of nitrogens with zero attached hydrogens (tertiary/aromatic N) is 3. The maximum atomic E-state index is 13.0. The van der Waals surface area contributed by atoms with Crippen LogP contribution in [0.1, 0.15) is 36.0 Å². The minimum absolute atomic E-state index is 0.0289. The third kappa shape index (κ3) is 3.10. The van der Waals surface area contributed by atoms with Crippen LogP contribution < -0.4 is 0 Å². The van der Waals surface area contributed by atoms with E-state index in [1.165, 1.54) is 0 Å². The molecule has 6 nitrogen and oxygen atoms in total. The summed E-state index contributed by atoms with van der Waals surface area (Å²) in [5.41, 5.74) is 0.658. The number of benzene rings is 1. The molecule has 1 aromatic carbocycles. The van der Waals surface area contributed by atoms with Crippen LogP contribution in [0.3, 0.4) is 0 Å². The first-order valence-corrected chi connectivity index (χ1v) is 10.7. The minimum atomic E-state index is -3.22. The van der Waals surface area contributed by atoms with Crippen LogP contribution in [0, 0.1) is 0 Å². The van der Waals surface area contributed by atoms with Gasteiger partial charge in [0.15, 0.2) is 0 Å². The Morgan fingerprint density at radius 2 is 1.77 bits per heavy atom. The van der Waals surface area contributed by atoms with Crippen LogP contribution in [0.4, 0.5) is 0 Å². The van der Waals surface area contributed by atoms with Gasteiger partial charge in [0.1, 0.15) is 0 Å². The number of carbonyl (C=O) groups is 1. The summed E-state index contributed by atoms with van der Waals surface area (Å²) in [4.78, 5) is 18.9. The average Bonchev–Trinajstić information content (AvgIpc) is 3.23. The zero-order chi connectivity index (χ0) is 18.1. The quantitative estimate of drug-likeness (QED) is 0.827. The van der Waals surface area contributed by atoms with Gasteiger partial charge in [-0.25, -0.2) is 12.7 Å². The number of rotatable bonds is 3. The van der Waals surface area contributed by atoms with E-state index in [0.29, 0.717) is 44.6 Å². The molecule has 2 saturated heterocycles. The highest BCUT2D eigenvalue weighted by Gasteiger charge is 2.36. The van der Waals surface area contributed by atoms with Crippen molar-refractivity contribution in [2.45, 2.75) is 30.9 Å². The number of hydrogen-bond acceptors (Lipinski definition) is 4. The van der Waals surface area contributed by atoms with Gasteiger partial charge >= 0.3 is 0 Å². The number of piperidine rings is 1. The molecule has 0 N–H and O–H groups in total. The molecular weight excluding hydrogens is 350 g/mol. The van der Waals surface area contributed by atoms with Crippen LogP contribution in [0.5, 0.6) is 0 Å². The number of amides is 1. The number of hydrogen-bond donors (Lipinski definition) is 0. The van der Waals surface area contributed by atoms with Crippen molar-refractivity contribution in [2.75, 3.05) is 26.2 Å². The number of likely N-dealkylation sites (tertiary alicyclic amines) is 1. The lowest BCUT2D eigenvalue weighted by Gasteiger charge is -2.33. The van der Waals surface area contributed by atoms with Gasteiger partial charge in [-0.05, 0) is 43.2 Å². The molecule has 7 heteroatoms. The van der Waals surface area contributed by atoms with E-state index in [1.807, 2.05) is 24.3 Å². The molecule has 0 aliphatic carbocycles. The number of carbonyl (C=O) groups excluding carboxylic acids is 1. The Labute approximate surface area is 153 Å². The standard InChI is InChI=1S/C19H23N3O3S/c23-19(18-5-3-4-15-14-20-9-6-17(15)18)21-12-7-16(8-13-21)26(24,25)22-10-1-2-11-22/h3-6,9,14,16H,1-2,7-8,10-13H2. The Kier molecular flexibility index (Phi) is 4.67. The summed E-state index contributed by atoms with van der Waals surface area (Å²) in [6.45, 7) is 2.26. The van der Waals surface area contributed by atoms with Gasteiger partial charge in [0.05, 0.1) is 5.25 Å². The van der Waals surface area contributed by atoms with Crippen LogP contribution in [-0.4, -0.2) is 59.9 Å². The van der Waals surface area contributed by atoms with Crippen molar-refractivity contribution < 1.29 is 13.2 Å². The molecule has 138 valence electrons. The van der Waals surface area contributed by atoms with Crippen LogP contribution in [0.25, 0.3) is 10.8 Å². The fourth-order valence-electron chi connectivity index (χ4n) is 3.99. The molecule has 0 bridgehead atoms. The molecule has 0 atom stereocenters. The largest absolute Gasteiger partial charge is 0.339 e. The van der Waals surface area contributed by atoms with Crippen LogP contribution in [0.2, 0.25) is 0 Å². The highest BCUT2D eigenvalue weighted by Crippen LogP contribution is 2.26. The number of fused-ring (bicyclic) bond motifs is 1. The van der Waals surface area contributed by atoms with Gasteiger partial charge in [0.2, 0.25) is 10.0 Å². The smallest absolute Gasteiger partial charge is 0.254 e. The first-order valence-electron chi connectivity index (χ1n) is 9.18. The first kappa shape index (κ1) is 17.4. The van der Waals surface area contributed by atoms with Gasteiger partial charge in [0.25, 0.3) is 5.91 Å². The molecule has 1 amide bonds. The maximum Gasteiger partial charge on any atom is 0.254 e. The summed E-state index contributed by atoms with van der Waals surface area (Å²) in [6.07, 6.45) is 6.36. The van der Waals surface area contributed by atoms with E-state index in [0.717, 1.165) is 23.6 Å². The highest BCUT2D eigenvalue weighted by molar-refractivity contribution is 7.89. The van der Waals surface area contributed by atoms with Gasteiger partial charge in [-0.1, -0.05) is 12.1 Å². The molecule has 2 aromatic rings. The van der Waals surface area contributed by atoms with E-state index in [1.54, 1.807) is 21.6 Å². The van der Waals surface area contributed by atoms with E-state index in [9.17, 15) is 13.2 Å². The predicted octanol–water partition coefficient (Wildman–Crippen LogP) is 2.27. The van der Waals surface area contributed by atoms with Gasteiger partial charge in [-0.2, -0.15) is 0 Å². The Morgan fingerprint density at radius 3 is 2.50 bits per heavy atom. The van der Waals surface area contributed by atoms with Crippen molar-refractivity contribution in [3.05, 3.63) is 42.2 Å². The van der Waals surface area contributed by atoms with Gasteiger partial charge in [-0.3, -0.25) is 9.78 Å². The fraction of sp³-hybridized carbons (Fsp3) is 0.474. The third-order valence-corrected chi connectivity index (χ3v) is 7.89. The van der Waals surface area contributed by atoms with Gasteiger partial charge in [-0.15, -0.1) is 0 Å². The van der Waals surface area contributed by atoms with E-state index < -0.39 is 10.0 Å². The van der Waals surface area contributed by atoms with Gasteiger partial charge in [0, 0.05) is 49.5 Å². The van der Waals surface area contributed by atoms with E-state index in [2.05, 4.69) is 4.98 Å². The summed E-state index contributed by atoms with van der Waals surface area (Å²) in [7, 11) is -3.22. The van der Waals surface area contributed by atoms with Crippen LogP contribution in [-0.2, 0) is 10.0 Å². The molecule has 2 aliphatic rings. The maximum absolute atomic E-state index is 13.0. The lowest BCUT2D eigenvalue weighted by molar-refractivity contribution is 0.0727. The molecule has 0 unspecified atom stereocenters. The molecule has 26 heavy (non-hydrogen) atoms. The summed E-state index contributed by atoms with van der Waals surface area (Å²) in [6, 6.07) is 7.49. The normalized spacial score (nSPS) is 19.9. The Bertz CT molecular complexity index is 909. The van der Waals surface area contributed by atoms with Crippen molar-refractivity contribution in [3.8, 4) is 0 Å². The van der Waals surface area contributed by atoms with Crippen molar-refractivity contribution in [2.24, 2.45) is 0 Å². The molecule has 2 fully saturated rings. The highest BCUT2D eigenvalue weighted by atomic mass is 32.2. The second kappa shape index (κ2) is 6.96. The van der Waals surface area contributed by atoms with E-state index in [-0.39, 0.29) is 11.2 Å². The van der Waals surface area contributed by atoms with Crippen molar-refractivity contribution in [1.29, 1.82) is 0 Å². The minimum Gasteiger partial charge on any atom is -0.339 e. The molecule has 1 aromatic heterocycles. The molecule has 0 spiro atoms. The van der Waals surface area contributed by atoms with Crippen molar-refractivity contribution in [1.82, 2.24) is 14.2 Å². The summed E-state index contributed by atoms with van der Waals surface area (Å²) in [5, 5.41) is 1.46. The Hall–Kier alpha value is -1.99. The van der Waals surface area contributed by atoms with Crippen molar-refractivity contribution in [3.63, 3.8) is 0 Å². The van der Waals surface area contributed by atoms with Crippen LogP contribution >= 0.6 is 0 Å². The van der Waals surface area contributed by atoms with Crippen LogP contribution in [0.15, 0.2) is 36.7 Å². The van der Waals surface area contributed by atoms with Gasteiger partial charge < -0.3 is 4.90 Å². The predicted molar refractivity (Wildman–Crippen MR) is 100 cm³/mol. The monoisotopic (exact) mass is 373 g/mol. The SMILES string of the molecule is O=C(c1cccc2cnccc12)N1CCC(S(=O)(=O)N2CCCC2)CC1. The summed E-state index contributed by atoms with van der Waals surface area (Å²) >= 11 is 0. The van der Waals surface area contributed by atoms with E-state index >= 15 is 0 Å². The lowest BCUT2D eigenvalue weighted by Crippen LogP contribution is -2.46. The molecule has 3 heterocycles. The molecule has 2 aliphatic heterocycles. The second-order valence-corrected chi connectivity index (χ2v) is 9.26. The fourth-order valence-corrected chi connectivity index (χ4v) is 5.98. The summed E-state index contributed by atoms with van der Waals surface area (Å²) in [5.74, 6) is -0.0289. The lowest BCUT2D eigenvalue weighted by atomic mass is 10.0. The third-order valence-electron chi connectivity index (χ3n) is 5.49. The second-order valence-electron chi connectivity index (χ2n) is 7.05. The summed E-state index contributed by atoms with van der Waals surface area (Å²) < 4.78 is 27.1. The first-order chi connectivity index (χ1) is 12.6. The number of pyridine rings is 1. The number of sulfonamides is 1. The molecular formula is C19H23N3O3S. The molecule has 0 radical (unpaired) electrons. The average molecular weight is 373 g/mol. The van der Waals surface area contributed by atoms with Crippen molar-refractivity contribution >= 4 is 26.7 Å². The zero-order valence-electron chi connectivity index (χ0n) is 14.7.